The highest BCUT2D eigenvalue weighted by molar-refractivity contribution is 5.96. The Labute approximate surface area is 189 Å². The van der Waals surface area contributed by atoms with Crippen molar-refractivity contribution in [2.45, 2.75) is 63.9 Å². The minimum Gasteiger partial charge on any atom is -0.480 e. The number of carbonyl (C=O) groups excluding carboxylic acids is 4. The number of nitrogens with zero attached hydrogens (tertiary/aromatic N) is 1. The van der Waals surface area contributed by atoms with Gasteiger partial charge in [0.05, 0.1) is 18.9 Å². The molecular weight excluding hydrogens is 438 g/mol. The molecule has 0 aliphatic rings. The number of nitrogens with one attached hydrogen (secondary N) is 4. The van der Waals surface area contributed by atoms with E-state index in [9.17, 15) is 34.2 Å². The number of rotatable bonds is 13. The summed E-state index contributed by atoms with van der Waals surface area (Å²) in [6.07, 6.45) is 0.825. The van der Waals surface area contributed by atoms with E-state index in [1.54, 1.807) is 13.8 Å². The zero-order valence-corrected chi connectivity index (χ0v) is 18.6. The van der Waals surface area contributed by atoms with Gasteiger partial charge >= 0.3 is 5.97 Å². The summed E-state index contributed by atoms with van der Waals surface area (Å²) in [6, 6.07) is -5.33. The van der Waals surface area contributed by atoms with Crippen LogP contribution in [0.5, 0.6) is 0 Å². The Balaban J connectivity index is 2.97. The van der Waals surface area contributed by atoms with Crippen LogP contribution >= 0.6 is 0 Å². The van der Waals surface area contributed by atoms with Gasteiger partial charge in [0.15, 0.2) is 0 Å². The van der Waals surface area contributed by atoms with Crippen molar-refractivity contribution < 1.29 is 34.2 Å². The fourth-order valence-electron chi connectivity index (χ4n) is 2.76. The van der Waals surface area contributed by atoms with Gasteiger partial charge in [-0.25, -0.2) is 9.78 Å². The van der Waals surface area contributed by atoms with E-state index >= 15 is 0 Å². The van der Waals surface area contributed by atoms with Crippen LogP contribution in [0.4, 0.5) is 0 Å². The van der Waals surface area contributed by atoms with Gasteiger partial charge in [-0.1, -0.05) is 13.8 Å². The minimum absolute atomic E-state index is 0.125. The highest BCUT2D eigenvalue weighted by atomic mass is 16.4. The van der Waals surface area contributed by atoms with Gasteiger partial charge in [0, 0.05) is 18.3 Å². The van der Waals surface area contributed by atoms with Crippen molar-refractivity contribution >= 4 is 29.6 Å². The molecule has 1 heterocycles. The molecule has 33 heavy (non-hydrogen) atoms. The molecule has 5 atom stereocenters. The highest BCUT2D eigenvalue weighted by Crippen LogP contribution is 2.06. The molecule has 14 nitrogen and oxygen atoms in total. The Hall–Kier alpha value is -3.52. The molecule has 0 aliphatic carbocycles. The van der Waals surface area contributed by atoms with Gasteiger partial charge in [0.2, 0.25) is 23.6 Å². The Morgan fingerprint density at radius 2 is 1.64 bits per heavy atom. The van der Waals surface area contributed by atoms with Crippen molar-refractivity contribution in [1.82, 2.24) is 25.9 Å². The lowest BCUT2D eigenvalue weighted by Crippen LogP contribution is -2.60. The summed E-state index contributed by atoms with van der Waals surface area (Å²) in [6.45, 7) is 4.54. The molecule has 1 rings (SSSR count). The molecule has 0 saturated carbocycles. The lowest BCUT2D eigenvalue weighted by molar-refractivity contribution is -0.142. The van der Waals surface area contributed by atoms with Crippen molar-refractivity contribution in [3.05, 3.63) is 18.2 Å². The Morgan fingerprint density at radius 1 is 1.03 bits per heavy atom. The topological polar surface area (TPSA) is 243 Å². The number of aliphatic hydroxyl groups excluding tert-OH is 1. The lowest BCUT2D eigenvalue weighted by Gasteiger charge is -2.27. The maximum Gasteiger partial charge on any atom is 0.326 e. The molecule has 184 valence electrons. The quantitative estimate of drug-likeness (QED) is 0.144. The molecule has 0 bridgehead atoms. The first kappa shape index (κ1) is 27.5. The second-order valence-electron chi connectivity index (χ2n) is 7.91. The van der Waals surface area contributed by atoms with Gasteiger partial charge in [-0.3, -0.25) is 19.2 Å². The third-order valence-corrected chi connectivity index (χ3v) is 4.70. The van der Waals surface area contributed by atoms with Crippen molar-refractivity contribution in [2.24, 2.45) is 17.4 Å². The van der Waals surface area contributed by atoms with E-state index in [-0.39, 0.29) is 6.42 Å². The number of aromatic nitrogens is 2. The molecule has 4 amide bonds. The minimum atomic E-state index is -1.50. The van der Waals surface area contributed by atoms with E-state index in [1.807, 2.05) is 0 Å². The molecule has 1 aromatic rings. The summed E-state index contributed by atoms with van der Waals surface area (Å²) < 4.78 is 0. The maximum atomic E-state index is 12.8. The summed E-state index contributed by atoms with van der Waals surface area (Å²) in [7, 11) is 0. The van der Waals surface area contributed by atoms with Crippen LogP contribution in [0.15, 0.2) is 12.5 Å². The van der Waals surface area contributed by atoms with E-state index < -0.39 is 72.2 Å². The first-order valence-corrected chi connectivity index (χ1v) is 10.2. The number of primary amides is 1. The average molecular weight is 469 g/mol. The number of aliphatic hydroxyl groups is 1. The second kappa shape index (κ2) is 12.5. The molecule has 0 spiro atoms. The van der Waals surface area contributed by atoms with Crippen molar-refractivity contribution in [2.75, 3.05) is 0 Å². The molecule has 1 aromatic heterocycles. The number of hydrogen-bond donors (Lipinski definition) is 8. The molecule has 0 radical (unpaired) electrons. The first-order valence-electron chi connectivity index (χ1n) is 10.2. The number of H-pyrrole nitrogens is 1. The van der Waals surface area contributed by atoms with Crippen molar-refractivity contribution in [3.8, 4) is 0 Å². The van der Waals surface area contributed by atoms with E-state index in [2.05, 4.69) is 25.9 Å². The fraction of sp³-hybridized carbons (Fsp3) is 0.579. The molecule has 5 unspecified atom stereocenters. The van der Waals surface area contributed by atoms with Crippen LogP contribution in [-0.2, 0) is 30.4 Å². The van der Waals surface area contributed by atoms with Gasteiger partial charge in [0.1, 0.15) is 24.2 Å². The van der Waals surface area contributed by atoms with Crippen LogP contribution in [0.25, 0.3) is 0 Å². The molecule has 0 fully saturated rings. The van der Waals surface area contributed by atoms with Crippen LogP contribution in [0.2, 0.25) is 0 Å². The van der Waals surface area contributed by atoms with Gasteiger partial charge in [-0.15, -0.1) is 0 Å². The Bertz CT molecular complexity index is 842. The summed E-state index contributed by atoms with van der Waals surface area (Å²) in [5.74, 6) is -5.29. The summed E-state index contributed by atoms with van der Waals surface area (Å²) in [5.41, 5.74) is 11.2. The largest absolute Gasteiger partial charge is 0.480 e. The number of nitrogens with two attached hydrogens (primary N) is 2. The van der Waals surface area contributed by atoms with Gasteiger partial charge in [-0.2, -0.15) is 0 Å². The predicted molar refractivity (Wildman–Crippen MR) is 114 cm³/mol. The maximum absolute atomic E-state index is 12.8. The summed E-state index contributed by atoms with van der Waals surface area (Å²) in [4.78, 5) is 67.2. The number of aromatic amines is 1. The van der Waals surface area contributed by atoms with Gasteiger partial charge in [-0.05, 0) is 12.8 Å². The number of carbonyl (C=O) groups is 5. The highest BCUT2D eigenvalue weighted by Gasteiger charge is 2.33. The van der Waals surface area contributed by atoms with E-state index in [4.69, 9.17) is 11.5 Å². The van der Waals surface area contributed by atoms with E-state index in [0.29, 0.717) is 5.69 Å². The van der Waals surface area contributed by atoms with Crippen molar-refractivity contribution in [1.29, 1.82) is 0 Å². The number of amides is 4. The zero-order chi connectivity index (χ0) is 25.3. The SMILES string of the molecule is CC(C)C(NC(=O)C(N)C(C)O)C(=O)NC(CC(N)=O)C(=O)NC(Cc1cnc[nH]1)C(=O)O. The van der Waals surface area contributed by atoms with Gasteiger partial charge in [0.25, 0.3) is 0 Å². The molecule has 14 heteroatoms. The third kappa shape index (κ3) is 8.86. The van der Waals surface area contributed by atoms with E-state index in [0.717, 1.165) is 0 Å². The number of imidazole rings is 1. The molecule has 0 aromatic carbocycles. The van der Waals surface area contributed by atoms with Crippen LogP contribution in [0.1, 0.15) is 32.9 Å². The Morgan fingerprint density at radius 3 is 2.09 bits per heavy atom. The van der Waals surface area contributed by atoms with Gasteiger partial charge < -0.3 is 42.6 Å². The number of hydrogen-bond acceptors (Lipinski definition) is 8. The molecule has 0 saturated heterocycles. The van der Waals surface area contributed by atoms with E-state index in [1.165, 1.54) is 19.4 Å². The summed E-state index contributed by atoms with van der Waals surface area (Å²) >= 11 is 0. The van der Waals surface area contributed by atoms with Crippen LogP contribution in [0, 0.1) is 5.92 Å². The summed E-state index contributed by atoms with van der Waals surface area (Å²) in [5, 5.41) is 25.9. The van der Waals surface area contributed by atoms with Crippen molar-refractivity contribution in [3.63, 3.8) is 0 Å². The molecule has 10 N–H and O–H groups in total. The normalized spacial score (nSPS) is 15.6. The third-order valence-electron chi connectivity index (χ3n) is 4.70. The second-order valence-corrected chi connectivity index (χ2v) is 7.91. The number of aliphatic carboxylic acids is 1. The first-order chi connectivity index (χ1) is 15.3. The van der Waals surface area contributed by atoms with Crippen LogP contribution in [0.3, 0.4) is 0 Å². The smallest absolute Gasteiger partial charge is 0.326 e. The predicted octanol–water partition coefficient (Wildman–Crippen LogP) is -3.27. The fourth-order valence-corrected chi connectivity index (χ4v) is 2.76. The molecule has 0 aliphatic heterocycles. The lowest BCUT2D eigenvalue weighted by atomic mass is 10.0. The monoisotopic (exact) mass is 469 g/mol. The number of carboxylic acid groups (broad SMARTS) is 1. The number of carboxylic acids is 1. The zero-order valence-electron chi connectivity index (χ0n) is 18.6. The molecular formula is C19H31N7O7. The standard InChI is InChI=1S/C19H31N7O7/c1-8(2)15(26-17(30)14(21)9(3)27)18(31)24-11(5-13(20)28)16(29)25-12(19(32)33)4-10-6-22-7-23-10/h6-9,11-12,14-15,27H,4-5,21H2,1-3H3,(H2,20,28)(H,22,23)(H,24,31)(H,25,29)(H,26,30)(H,32,33). The Kier molecular flexibility index (Phi) is 10.4. The van der Waals surface area contributed by atoms with Crippen LogP contribution < -0.4 is 27.4 Å². The average Bonchev–Trinajstić information content (AvgIpc) is 3.22. The van der Waals surface area contributed by atoms with Crippen LogP contribution in [-0.4, -0.2) is 80.1 Å².